The van der Waals surface area contributed by atoms with Gasteiger partial charge in [-0.2, -0.15) is 0 Å². The van der Waals surface area contributed by atoms with Crippen LogP contribution in [0.15, 0.2) is 0 Å². The fourth-order valence-electron chi connectivity index (χ4n) is 1.65. The Morgan fingerprint density at radius 2 is 2.09 bits per heavy atom. The van der Waals surface area contributed by atoms with Crippen LogP contribution in [0.4, 0.5) is 0 Å². The number of hydrogen-bond donors (Lipinski definition) is 1. The smallest absolute Gasteiger partial charge is 0.00670 e. The van der Waals surface area contributed by atoms with Crippen molar-refractivity contribution in [3.05, 3.63) is 0 Å². The van der Waals surface area contributed by atoms with Crippen molar-refractivity contribution in [3.8, 4) is 0 Å². The lowest BCUT2D eigenvalue weighted by Crippen LogP contribution is -2.32. The molecule has 0 heterocycles. The molecule has 11 heavy (non-hydrogen) atoms. The predicted octanol–water partition coefficient (Wildman–Crippen LogP) is 2.55. The Kier molecular flexibility index (Phi) is 3.38. The average Bonchev–Trinajstić information content (AvgIpc) is 1.94. The van der Waals surface area contributed by atoms with Gasteiger partial charge < -0.3 is 5.73 Å². The van der Waals surface area contributed by atoms with Gasteiger partial charge in [0.05, 0.1) is 0 Å². The summed E-state index contributed by atoms with van der Waals surface area (Å²) in [5.74, 6) is 1.69. The first-order valence-corrected chi connectivity index (χ1v) is 4.99. The monoisotopic (exact) mass is 155 g/mol. The van der Waals surface area contributed by atoms with E-state index < -0.39 is 0 Å². The first kappa shape index (κ1) is 9.05. The van der Waals surface area contributed by atoms with E-state index in [1.807, 2.05) is 0 Å². The molecular weight excluding hydrogens is 134 g/mol. The zero-order chi connectivity index (χ0) is 8.27. The highest BCUT2D eigenvalue weighted by molar-refractivity contribution is 4.77. The van der Waals surface area contributed by atoms with Gasteiger partial charge in [-0.1, -0.05) is 39.5 Å². The van der Waals surface area contributed by atoms with E-state index in [2.05, 4.69) is 13.8 Å². The van der Waals surface area contributed by atoms with Crippen molar-refractivity contribution >= 4 is 0 Å². The molecule has 1 fully saturated rings. The summed E-state index contributed by atoms with van der Waals surface area (Å²) in [7, 11) is 0. The normalized spacial score (nSPS) is 24.3. The first-order chi connectivity index (χ1) is 5.24. The fraction of sp³-hybridized carbons (Fsp3) is 1.00. The molecule has 1 nitrogen and oxygen atoms in total. The van der Waals surface area contributed by atoms with Gasteiger partial charge in [0, 0.05) is 6.04 Å². The molecule has 0 aliphatic heterocycles. The summed E-state index contributed by atoms with van der Waals surface area (Å²) in [5, 5.41) is 0. The Balaban J connectivity index is 2.13. The van der Waals surface area contributed by atoms with Crippen molar-refractivity contribution < 1.29 is 0 Å². The van der Waals surface area contributed by atoms with Gasteiger partial charge in [-0.15, -0.1) is 0 Å². The van der Waals surface area contributed by atoms with E-state index in [1.54, 1.807) is 0 Å². The van der Waals surface area contributed by atoms with Crippen LogP contribution in [0.5, 0.6) is 0 Å². The third-order valence-corrected chi connectivity index (χ3v) is 3.21. The minimum absolute atomic E-state index is 0.463. The quantitative estimate of drug-likeness (QED) is 0.663. The van der Waals surface area contributed by atoms with Gasteiger partial charge in [0.2, 0.25) is 0 Å². The molecule has 0 aromatic heterocycles. The second kappa shape index (κ2) is 4.10. The van der Waals surface area contributed by atoms with Crippen LogP contribution in [-0.4, -0.2) is 6.04 Å². The molecule has 0 aromatic rings. The number of nitrogens with two attached hydrogens (primary N) is 1. The van der Waals surface area contributed by atoms with Gasteiger partial charge in [-0.05, 0) is 18.3 Å². The Bertz CT molecular complexity index is 107. The highest BCUT2D eigenvalue weighted by Gasteiger charge is 2.22. The molecule has 2 unspecified atom stereocenters. The third-order valence-electron chi connectivity index (χ3n) is 3.21. The molecule has 0 amide bonds. The molecule has 1 aliphatic carbocycles. The SMILES string of the molecule is CCC(C)C(N)CC1CCC1. The van der Waals surface area contributed by atoms with Gasteiger partial charge >= 0.3 is 0 Å². The van der Waals surface area contributed by atoms with Crippen molar-refractivity contribution in [3.63, 3.8) is 0 Å². The number of hydrogen-bond acceptors (Lipinski definition) is 1. The summed E-state index contributed by atoms with van der Waals surface area (Å²) in [6.07, 6.45) is 6.81. The van der Waals surface area contributed by atoms with Crippen molar-refractivity contribution in [1.29, 1.82) is 0 Å². The predicted molar refractivity (Wildman–Crippen MR) is 49.4 cm³/mol. The Labute approximate surface area is 70.4 Å². The van der Waals surface area contributed by atoms with Gasteiger partial charge in [0.1, 0.15) is 0 Å². The van der Waals surface area contributed by atoms with Crippen LogP contribution in [-0.2, 0) is 0 Å². The minimum Gasteiger partial charge on any atom is -0.327 e. The van der Waals surface area contributed by atoms with Crippen LogP contribution in [0.3, 0.4) is 0 Å². The van der Waals surface area contributed by atoms with Crippen molar-refractivity contribution in [2.45, 2.75) is 52.0 Å². The van der Waals surface area contributed by atoms with Crippen molar-refractivity contribution in [2.75, 3.05) is 0 Å². The highest BCUT2D eigenvalue weighted by atomic mass is 14.6. The third kappa shape index (κ3) is 2.48. The summed E-state index contributed by atoms with van der Waals surface area (Å²) >= 11 is 0. The molecular formula is C10H21N. The zero-order valence-corrected chi connectivity index (χ0v) is 7.84. The van der Waals surface area contributed by atoms with E-state index in [4.69, 9.17) is 5.73 Å². The molecule has 0 spiro atoms. The molecule has 1 saturated carbocycles. The lowest BCUT2D eigenvalue weighted by atomic mass is 9.78. The second-order valence-corrected chi connectivity index (χ2v) is 4.08. The van der Waals surface area contributed by atoms with E-state index >= 15 is 0 Å². The van der Waals surface area contributed by atoms with Crippen LogP contribution in [0.2, 0.25) is 0 Å². The van der Waals surface area contributed by atoms with E-state index in [0.29, 0.717) is 6.04 Å². The standard InChI is InChI=1S/C10H21N/c1-3-8(2)10(11)7-9-5-4-6-9/h8-10H,3-7,11H2,1-2H3. The largest absolute Gasteiger partial charge is 0.327 e. The molecule has 2 atom stereocenters. The topological polar surface area (TPSA) is 26.0 Å². The Hall–Kier alpha value is -0.0400. The van der Waals surface area contributed by atoms with Crippen LogP contribution in [0, 0.1) is 11.8 Å². The maximum Gasteiger partial charge on any atom is 0.00670 e. The van der Waals surface area contributed by atoms with E-state index in [0.717, 1.165) is 11.8 Å². The molecule has 0 bridgehead atoms. The van der Waals surface area contributed by atoms with E-state index in [9.17, 15) is 0 Å². The van der Waals surface area contributed by atoms with Crippen LogP contribution in [0.1, 0.15) is 46.0 Å². The summed E-state index contributed by atoms with van der Waals surface area (Å²) in [5.41, 5.74) is 6.04. The molecule has 66 valence electrons. The molecule has 2 N–H and O–H groups in total. The van der Waals surface area contributed by atoms with Gasteiger partial charge in [0.15, 0.2) is 0 Å². The maximum atomic E-state index is 6.04. The summed E-state index contributed by atoms with van der Waals surface area (Å²) < 4.78 is 0. The zero-order valence-electron chi connectivity index (χ0n) is 7.84. The Morgan fingerprint density at radius 3 is 2.45 bits per heavy atom. The van der Waals surface area contributed by atoms with Gasteiger partial charge in [-0.3, -0.25) is 0 Å². The Morgan fingerprint density at radius 1 is 1.45 bits per heavy atom. The summed E-state index contributed by atoms with van der Waals surface area (Å²) in [4.78, 5) is 0. The summed E-state index contributed by atoms with van der Waals surface area (Å²) in [6, 6.07) is 0.463. The van der Waals surface area contributed by atoms with Gasteiger partial charge in [0.25, 0.3) is 0 Å². The molecule has 0 saturated heterocycles. The molecule has 0 radical (unpaired) electrons. The van der Waals surface area contributed by atoms with Crippen LogP contribution < -0.4 is 5.73 Å². The van der Waals surface area contributed by atoms with Crippen molar-refractivity contribution in [2.24, 2.45) is 17.6 Å². The fourth-order valence-corrected chi connectivity index (χ4v) is 1.65. The maximum absolute atomic E-state index is 6.04. The minimum atomic E-state index is 0.463. The van der Waals surface area contributed by atoms with Crippen LogP contribution in [0.25, 0.3) is 0 Å². The number of rotatable bonds is 4. The first-order valence-electron chi connectivity index (χ1n) is 4.99. The molecule has 0 aromatic carbocycles. The van der Waals surface area contributed by atoms with E-state index in [-0.39, 0.29) is 0 Å². The van der Waals surface area contributed by atoms with Crippen LogP contribution >= 0.6 is 0 Å². The molecule has 1 rings (SSSR count). The molecule has 1 heteroatoms. The molecule has 1 aliphatic rings. The van der Waals surface area contributed by atoms with E-state index in [1.165, 1.54) is 32.1 Å². The highest BCUT2D eigenvalue weighted by Crippen LogP contribution is 2.31. The van der Waals surface area contributed by atoms with Gasteiger partial charge in [-0.25, -0.2) is 0 Å². The average molecular weight is 155 g/mol. The summed E-state index contributed by atoms with van der Waals surface area (Å²) in [6.45, 7) is 4.49. The second-order valence-electron chi connectivity index (χ2n) is 4.08. The lowest BCUT2D eigenvalue weighted by Gasteiger charge is -2.30. The lowest BCUT2D eigenvalue weighted by molar-refractivity contribution is 0.249. The van der Waals surface area contributed by atoms with Crippen molar-refractivity contribution in [1.82, 2.24) is 0 Å².